The monoisotopic (exact) mass is 562 g/mol. The number of hydrogen-bond donors (Lipinski definition) is 1. The minimum absolute atomic E-state index is 0.0251. The van der Waals surface area contributed by atoms with Gasteiger partial charge in [-0.05, 0) is 73.1 Å². The second-order valence-electron chi connectivity index (χ2n) is 12.6. The highest BCUT2D eigenvalue weighted by atomic mass is 32.2. The van der Waals surface area contributed by atoms with E-state index in [2.05, 4.69) is 30.5 Å². The van der Waals surface area contributed by atoms with Crippen molar-refractivity contribution in [2.45, 2.75) is 75.4 Å². The summed E-state index contributed by atoms with van der Waals surface area (Å²) in [7, 11) is -1.49. The molecule has 2 bridgehead atoms. The van der Waals surface area contributed by atoms with Gasteiger partial charge in [0.2, 0.25) is 5.91 Å². The van der Waals surface area contributed by atoms with E-state index in [1.807, 2.05) is 48.5 Å². The third kappa shape index (κ3) is 4.60. The van der Waals surface area contributed by atoms with Crippen molar-refractivity contribution in [1.82, 2.24) is 5.32 Å². The maximum atomic E-state index is 13.4. The molecule has 2 heterocycles. The van der Waals surface area contributed by atoms with Crippen LogP contribution >= 0.6 is 0 Å². The Morgan fingerprint density at radius 1 is 1.12 bits per heavy atom. The Balaban J connectivity index is 1.23. The predicted molar refractivity (Wildman–Crippen MR) is 157 cm³/mol. The van der Waals surface area contributed by atoms with Crippen molar-refractivity contribution in [2.75, 3.05) is 13.3 Å². The molecule has 40 heavy (non-hydrogen) atoms. The van der Waals surface area contributed by atoms with Gasteiger partial charge in [0, 0.05) is 25.1 Å². The van der Waals surface area contributed by atoms with Crippen molar-refractivity contribution in [3.63, 3.8) is 0 Å². The number of benzene rings is 2. The number of carbonyl (C=O) groups excluding carboxylic acids is 1. The van der Waals surface area contributed by atoms with Crippen LogP contribution in [0, 0.1) is 17.3 Å². The quantitative estimate of drug-likeness (QED) is 0.369. The molecule has 7 nitrogen and oxygen atoms in total. The maximum Gasteiger partial charge on any atom is 0.482 e. The molecule has 3 saturated carbocycles. The Labute approximate surface area is 237 Å². The van der Waals surface area contributed by atoms with E-state index in [0.717, 1.165) is 28.5 Å². The van der Waals surface area contributed by atoms with Gasteiger partial charge in [-0.15, -0.1) is 0 Å². The fraction of sp³-hybridized carbons (Fsp3) is 0.516. The standard InChI is InChI=1S/C31H39BN2O5S/c1-30(2)22-17-26(30)31(3)27(18-22)38-32(39-31)28(16-21-19-37-24-12-8-7-11-23(21)24)34-29(35)15-14-20-10-6-9-13-25(20)40(5,36)33-4/h6-13,19,22,26-28H,14-18H2,1-5H3,(H,34,35)/t22-,26-,27?,28-,31?,40?/m0/s1. The summed E-state index contributed by atoms with van der Waals surface area (Å²) >= 11 is 0. The number of para-hydroxylation sites is 1. The molecule has 3 aliphatic carbocycles. The second-order valence-corrected chi connectivity index (χ2v) is 15.0. The molecule has 1 aromatic heterocycles. The minimum Gasteiger partial charge on any atom is -0.464 e. The van der Waals surface area contributed by atoms with Gasteiger partial charge < -0.3 is 19.0 Å². The summed E-state index contributed by atoms with van der Waals surface area (Å²) in [5, 5.41) is 4.28. The van der Waals surface area contributed by atoms with Crippen molar-refractivity contribution in [2.24, 2.45) is 21.6 Å². The van der Waals surface area contributed by atoms with E-state index in [9.17, 15) is 9.00 Å². The molecule has 2 aromatic carbocycles. The Morgan fingerprint density at radius 2 is 1.88 bits per heavy atom. The zero-order valence-electron chi connectivity index (χ0n) is 24.0. The first-order chi connectivity index (χ1) is 19.0. The van der Waals surface area contributed by atoms with Crippen LogP contribution < -0.4 is 5.32 Å². The summed E-state index contributed by atoms with van der Waals surface area (Å²) in [6.45, 7) is 6.89. The normalized spacial score (nSPS) is 28.8. The predicted octanol–water partition coefficient (Wildman–Crippen LogP) is 5.45. The van der Waals surface area contributed by atoms with Crippen LogP contribution in [0.4, 0.5) is 0 Å². The number of fused-ring (bicyclic) bond motifs is 1. The molecule has 1 saturated heterocycles. The van der Waals surface area contributed by atoms with Crippen molar-refractivity contribution in [3.05, 3.63) is 65.9 Å². The van der Waals surface area contributed by atoms with Gasteiger partial charge in [0.05, 0.1) is 38.5 Å². The summed E-state index contributed by atoms with van der Waals surface area (Å²) in [5.41, 5.74) is 2.58. The molecule has 0 spiro atoms. The zero-order chi connectivity index (χ0) is 28.3. The van der Waals surface area contributed by atoms with Gasteiger partial charge in [0.25, 0.3) is 0 Å². The fourth-order valence-corrected chi connectivity index (χ4v) is 8.60. The fourth-order valence-electron chi connectivity index (χ4n) is 7.42. The third-order valence-corrected chi connectivity index (χ3v) is 11.9. The summed E-state index contributed by atoms with van der Waals surface area (Å²) in [6.07, 6.45) is 6.84. The first kappa shape index (κ1) is 27.5. The molecule has 212 valence electrons. The third-order valence-electron chi connectivity index (χ3n) is 10.00. The SMILES string of the molecule is CN=S(C)(=O)c1ccccc1CCC(=O)N[C@@H](Cc1coc2ccccc12)B1OC2C[C@@H]3C[C@H](C2(C)O1)C3(C)C. The summed E-state index contributed by atoms with van der Waals surface area (Å²) in [4.78, 5) is 14.1. The van der Waals surface area contributed by atoms with Gasteiger partial charge in [0.1, 0.15) is 5.58 Å². The van der Waals surface area contributed by atoms with Gasteiger partial charge in [-0.25, -0.2) is 8.57 Å². The topological polar surface area (TPSA) is 90.1 Å². The molecule has 1 aliphatic heterocycles. The van der Waals surface area contributed by atoms with Crippen LogP contribution in [0.1, 0.15) is 51.2 Å². The lowest BCUT2D eigenvalue weighted by molar-refractivity contribution is -0.199. The van der Waals surface area contributed by atoms with E-state index in [1.54, 1.807) is 19.6 Å². The van der Waals surface area contributed by atoms with Crippen LogP contribution in [0.15, 0.2) is 68.5 Å². The van der Waals surface area contributed by atoms with Crippen molar-refractivity contribution in [3.8, 4) is 0 Å². The highest BCUT2D eigenvalue weighted by molar-refractivity contribution is 7.93. The van der Waals surface area contributed by atoms with E-state index in [1.165, 1.54) is 6.42 Å². The first-order valence-electron chi connectivity index (χ1n) is 14.3. The highest BCUT2D eigenvalue weighted by Crippen LogP contribution is 2.65. The van der Waals surface area contributed by atoms with Crippen LogP contribution in [0.3, 0.4) is 0 Å². The van der Waals surface area contributed by atoms with Gasteiger partial charge in [-0.3, -0.25) is 4.79 Å². The summed E-state index contributed by atoms with van der Waals surface area (Å²) < 4.78 is 36.3. The van der Waals surface area contributed by atoms with Crippen LogP contribution in [-0.4, -0.2) is 48.2 Å². The molecule has 0 radical (unpaired) electrons. The number of nitrogens with zero attached hydrogens (tertiary/aromatic N) is 1. The number of carbonyl (C=O) groups is 1. The molecule has 1 amide bonds. The van der Waals surface area contributed by atoms with Gasteiger partial charge in [-0.1, -0.05) is 50.2 Å². The Kier molecular flexibility index (Phi) is 6.91. The molecule has 7 rings (SSSR count). The molecule has 9 heteroatoms. The average Bonchev–Trinajstić information content (AvgIpc) is 3.52. The highest BCUT2D eigenvalue weighted by Gasteiger charge is 2.68. The van der Waals surface area contributed by atoms with Gasteiger partial charge in [-0.2, -0.15) is 0 Å². The number of rotatable bonds is 8. The van der Waals surface area contributed by atoms with Crippen LogP contribution in [0.5, 0.6) is 0 Å². The van der Waals surface area contributed by atoms with Crippen molar-refractivity contribution >= 4 is 33.7 Å². The van der Waals surface area contributed by atoms with Crippen LogP contribution in [0.25, 0.3) is 11.0 Å². The average molecular weight is 563 g/mol. The zero-order valence-corrected chi connectivity index (χ0v) is 24.8. The molecular formula is C31H39BN2O5S. The van der Waals surface area contributed by atoms with Gasteiger partial charge >= 0.3 is 7.12 Å². The maximum absolute atomic E-state index is 13.4. The summed E-state index contributed by atoms with van der Waals surface area (Å²) in [6, 6.07) is 15.5. The van der Waals surface area contributed by atoms with Crippen molar-refractivity contribution < 1.29 is 22.7 Å². The molecule has 1 N–H and O–H groups in total. The number of nitrogens with one attached hydrogen (secondary N) is 1. The minimum atomic E-state index is -2.51. The first-order valence-corrected chi connectivity index (χ1v) is 16.2. The molecule has 3 unspecified atom stereocenters. The molecule has 3 aromatic rings. The van der Waals surface area contributed by atoms with E-state index in [-0.39, 0.29) is 35.4 Å². The largest absolute Gasteiger partial charge is 0.482 e. The lowest BCUT2D eigenvalue weighted by Gasteiger charge is -2.64. The van der Waals surface area contributed by atoms with E-state index >= 15 is 0 Å². The number of hydrogen-bond acceptors (Lipinski definition) is 6. The lowest BCUT2D eigenvalue weighted by Crippen LogP contribution is -2.65. The smallest absolute Gasteiger partial charge is 0.464 e. The van der Waals surface area contributed by atoms with Crippen molar-refractivity contribution in [1.29, 1.82) is 0 Å². The van der Waals surface area contributed by atoms with Crippen LogP contribution in [-0.2, 0) is 36.7 Å². The lowest BCUT2D eigenvalue weighted by atomic mass is 9.43. The van der Waals surface area contributed by atoms with Gasteiger partial charge in [0.15, 0.2) is 0 Å². The number of aryl methyl sites for hydroxylation is 1. The molecule has 4 fully saturated rings. The second kappa shape index (κ2) is 10.0. The summed E-state index contributed by atoms with van der Waals surface area (Å²) in [5.74, 6) is 0.602. The van der Waals surface area contributed by atoms with E-state index in [0.29, 0.717) is 29.6 Å². The molecule has 4 aliphatic rings. The number of amides is 1. The molecular weight excluding hydrogens is 523 g/mol. The Bertz CT molecular complexity index is 1560. The van der Waals surface area contributed by atoms with E-state index in [4.69, 9.17) is 13.7 Å². The Morgan fingerprint density at radius 3 is 2.65 bits per heavy atom. The molecule has 6 atom stereocenters. The Hall–Kier alpha value is -2.62. The van der Waals surface area contributed by atoms with Crippen LogP contribution in [0.2, 0.25) is 0 Å². The number of furan rings is 1. The van der Waals surface area contributed by atoms with E-state index < -0.39 is 16.8 Å².